The van der Waals surface area contributed by atoms with Crippen LogP contribution in [0.15, 0.2) is 41.1 Å². The molecule has 0 aliphatic heterocycles. The summed E-state index contributed by atoms with van der Waals surface area (Å²) < 4.78 is 1.09. The first-order chi connectivity index (χ1) is 6.86. The van der Waals surface area contributed by atoms with E-state index < -0.39 is 0 Å². The van der Waals surface area contributed by atoms with E-state index in [0.29, 0.717) is 0 Å². The molecule has 3 heteroatoms. The van der Waals surface area contributed by atoms with Crippen molar-refractivity contribution in [2.24, 2.45) is 0 Å². The van der Waals surface area contributed by atoms with Crippen molar-refractivity contribution in [1.82, 2.24) is 9.97 Å². The maximum Gasteiger partial charge on any atom is 0.129 e. The lowest BCUT2D eigenvalue weighted by molar-refractivity contribution is 1.27. The Balaban J connectivity index is 2.23. The molecule has 0 fully saturated rings. The number of rotatable bonds is 2. The van der Waals surface area contributed by atoms with Gasteiger partial charge in [-0.1, -0.05) is 40.2 Å². The Morgan fingerprint density at radius 3 is 2.79 bits per heavy atom. The summed E-state index contributed by atoms with van der Waals surface area (Å²) in [5.74, 6) is 0.862. The second-order valence-electron chi connectivity index (χ2n) is 2.83. The predicted octanol–water partition coefficient (Wildman–Crippen LogP) is 3.34. The third-order valence-electron chi connectivity index (χ3n) is 1.85. The molecule has 0 amide bonds. The second-order valence-corrected chi connectivity index (χ2v) is 3.68. The van der Waals surface area contributed by atoms with Crippen molar-refractivity contribution >= 4 is 28.1 Å². The van der Waals surface area contributed by atoms with E-state index in [2.05, 4.69) is 25.9 Å². The van der Waals surface area contributed by atoms with E-state index in [0.717, 1.165) is 15.9 Å². The van der Waals surface area contributed by atoms with Crippen molar-refractivity contribution in [2.45, 2.75) is 0 Å². The van der Waals surface area contributed by atoms with Gasteiger partial charge in [0.25, 0.3) is 0 Å². The second kappa shape index (κ2) is 4.24. The molecular formula is C11H9BrN2. The number of benzene rings is 1. The van der Waals surface area contributed by atoms with E-state index >= 15 is 0 Å². The Morgan fingerprint density at radius 1 is 1.21 bits per heavy atom. The van der Waals surface area contributed by atoms with E-state index in [9.17, 15) is 0 Å². The molecule has 2 nitrogen and oxygen atoms in total. The van der Waals surface area contributed by atoms with Gasteiger partial charge in [0.05, 0.1) is 0 Å². The summed E-state index contributed by atoms with van der Waals surface area (Å²) in [5.41, 5.74) is 1.14. The minimum absolute atomic E-state index is 0.862. The molecule has 0 aliphatic rings. The van der Waals surface area contributed by atoms with Crippen molar-refractivity contribution in [3.63, 3.8) is 0 Å². The molecule has 0 atom stereocenters. The van der Waals surface area contributed by atoms with Crippen LogP contribution in [0.2, 0.25) is 0 Å². The monoisotopic (exact) mass is 248 g/mol. The average Bonchev–Trinajstić information content (AvgIpc) is 2.69. The van der Waals surface area contributed by atoms with Gasteiger partial charge in [-0.25, -0.2) is 4.98 Å². The first-order valence-electron chi connectivity index (χ1n) is 4.28. The number of aromatic nitrogens is 2. The van der Waals surface area contributed by atoms with E-state index in [-0.39, 0.29) is 0 Å². The Labute approximate surface area is 90.8 Å². The maximum atomic E-state index is 4.10. The molecule has 1 aromatic carbocycles. The molecule has 2 rings (SSSR count). The lowest BCUT2D eigenvalue weighted by Crippen LogP contribution is -1.75. The summed E-state index contributed by atoms with van der Waals surface area (Å²) in [5, 5.41) is 0. The standard InChI is InChI=1S/C11H9BrN2/c12-10-4-2-1-3-9(10)5-6-11-13-7-8-14-11/h1-8H,(H,13,14)/b6-5+. The van der Waals surface area contributed by atoms with Gasteiger partial charge < -0.3 is 4.98 Å². The maximum absolute atomic E-state index is 4.10. The van der Waals surface area contributed by atoms with Gasteiger partial charge >= 0.3 is 0 Å². The van der Waals surface area contributed by atoms with Crippen molar-refractivity contribution in [3.05, 3.63) is 52.5 Å². The Bertz CT molecular complexity index is 432. The molecule has 0 bridgehead atoms. The number of nitrogens with zero attached hydrogens (tertiary/aromatic N) is 1. The molecule has 2 aromatic rings. The fourth-order valence-electron chi connectivity index (χ4n) is 1.15. The quantitative estimate of drug-likeness (QED) is 0.868. The van der Waals surface area contributed by atoms with Crippen molar-refractivity contribution in [1.29, 1.82) is 0 Å². The molecule has 1 N–H and O–H groups in total. The number of nitrogens with one attached hydrogen (secondary N) is 1. The molecule has 1 aromatic heterocycles. The number of hydrogen-bond acceptors (Lipinski definition) is 1. The highest BCUT2D eigenvalue weighted by atomic mass is 79.9. The zero-order valence-electron chi connectivity index (χ0n) is 7.44. The molecule has 1 heterocycles. The van der Waals surface area contributed by atoms with E-state index in [1.54, 1.807) is 12.4 Å². The molecule has 0 aliphatic carbocycles. The summed E-state index contributed by atoms with van der Waals surface area (Å²) in [6.45, 7) is 0. The molecule has 70 valence electrons. The predicted molar refractivity (Wildman–Crippen MR) is 61.7 cm³/mol. The van der Waals surface area contributed by atoms with Crippen molar-refractivity contribution in [3.8, 4) is 0 Å². The highest BCUT2D eigenvalue weighted by Gasteiger charge is 1.93. The number of H-pyrrole nitrogens is 1. The van der Waals surface area contributed by atoms with Crippen LogP contribution in [0.4, 0.5) is 0 Å². The molecule has 0 saturated carbocycles. The van der Waals surface area contributed by atoms with Gasteiger partial charge in [-0.2, -0.15) is 0 Å². The van der Waals surface area contributed by atoms with Gasteiger partial charge in [-0.3, -0.25) is 0 Å². The largest absolute Gasteiger partial charge is 0.345 e. The van der Waals surface area contributed by atoms with Gasteiger partial charge in [0, 0.05) is 16.9 Å². The molecule has 0 unspecified atom stereocenters. The third-order valence-corrected chi connectivity index (χ3v) is 2.57. The van der Waals surface area contributed by atoms with Crippen LogP contribution in [0.25, 0.3) is 12.2 Å². The van der Waals surface area contributed by atoms with Crippen LogP contribution in [-0.4, -0.2) is 9.97 Å². The average molecular weight is 249 g/mol. The van der Waals surface area contributed by atoms with Crippen LogP contribution in [0.3, 0.4) is 0 Å². The van der Waals surface area contributed by atoms with Crippen LogP contribution in [-0.2, 0) is 0 Å². The van der Waals surface area contributed by atoms with Gasteiger partial charge in [0.2, 0.25) is 0 Å². The van der Waals surface area contributed by atoms with Crippen LogP contribution in [0.1, 0.15) is 11.4 Å². The van der Waals surface area contributed by atoms with Crippen LogP contribution in [0.5, 0.6) is 0 Å². The van der Waals surface area contributed by atoms with Gasteiger partial charge in [-0.15, -0.1) is 0 Å². The van der Waals surface area contributed by atoms with E-state index in [1.807, 2.05) is 36.4 Å². The summed E-state index contributed by atoms with van der Waals surface area (Å²) in [6.07, 6.45) is 7.50. The zero-order valence-corrected chi connectivity index (χ0v) is 9.03. The normalized spacial score (nSPS) is 10.9. The van der Waals surface area contributed by atoms with Gasteiger partial charge in [0.15, 0.2) is 0 Å². The smallest absolute Gasteiger partial charge is 0.129 e. The molecule has 0 radical (unpaired) electrons. The van der Waals surface area contributed by atoms with Crippen molar-refractivity contribution in [2.75, 3.05) is 0 Å². The summed E-state index contributed by atoms with van der Waals surface area (Å²) in [7, 11) is 0. The van der Waals surface area contributed by atoms with E-state index in [4.69, 9.17) is 0 Å². The van der Waals surface area contributed by atoms with Crippen molar-refractivity contribution < 1.29 is 0 Å². The highest BCUT2D eigenvalue weighted by molar-refractivity contribution is 9.10. The Hall–Kier alpha value is -1.35. The topological polar surface area (TPSA) is 28.7 Å². The number of aromatic amines is 1. The van der Waals surface area contributed by atoms with Crippen LogP contribution in [0, 0.1) is 0 Å². The molecule has 0 saturated heterocycles. The molecule has 14 heavy (non-hydrogen) atoms. The highest BCUT2D eigenvalue weighted by Crippen LogP contribution is 2.17. The lowest BCUT2D eigenvalue weighted by atomic mass is 10.2. The summed E-state index contributed by atoms with van der Waals surface area (Å²) in [4.78, 5) is 7.12. The van der Waals surface area contributed by atoms with Crippen LogP contribution < -0.4 is 0 Å². The van der Waals surface area contributed by atoms with Crippen LogP contribution >= 0.6 is 15.9 Å². The number of imidazole rings is 1. The first-order valence-corrected chi connectivity index (χ1v) is 5.07. The Morgan fingerprint density at radius 2 is 2.07 bits per heavy atom. The van der Waals surface area contributed by atoms with Gasteiger partial charge in [-0.05, 0) is 17.7 Å². The Kier molecular flexibility index (Phi) is 2.79. The zero-order chi connectivity index (χ0) is 9.80. The summed E-state index contributed by atoms with van der Waals surface area (Å²) >= 11 is 3.48. The first kappa shape index (κ1) is 9.21. The fraction of sp³-hybridized carbons (Fsp3) is 0. The SMILES string of the molecule is Brc1ccccc1/C=C/c1ncc[nH]1. The van der Waals surface area contributed by atoms with E-state index in [1.165, 1.54) is 0 Å². The minimum atomic E-state index is 0.862. The molecular weight excluding hydrogens is 240 g/mol. The van der Waals surface area contributed by atoms with Gasteiger partial charge in [0.1, 0.15) is 5.82 Å². The summed E-state index contributed by atoms with van der Waals surface area (Å²) in [6, 6.07) is 8.06. The lowest BCUT2D eigenvalue weighted by Gasteiger charge is -1.95. The third kappa shape index (κ3) is 2.12. The fourth-order valence-corrected chi connectivity index (χ4v) is 1.56. The minimum Gasteiger partial charge on any atom is -0.345 e. The number of halogens is 1. The molecule has 0 spiro atoms. The number of hydrogen-bond donors (Lipinski definition) is 1.